The first-order valence-electron chi connectivity index (χ1n) is 6.65. The molecule has 1 unspecified atom stereocenters. The maximum Gasteiger partial charge on any atom is 0.132 e. The summed E-state index contributed by atoms with van der Waals surface area (Å²) >= 11 is 0. The summed E-state index contributed by atoms with van der Waals surface area (Å²) in [7, 11) is 2.00. The van der Waals surface area contributed by atoms with Crippen molar-refractivity contribution in [1.82, 2.24) is 19.9 Å². The van der Waals surface area contributed by atoms with Crippen LogP contribution in [0.5, 0.6) is 0 Å². The van der Waals surface area contributed by atoms with E-state index in [2.05, 4.69) is 31.8 Å². The van der Waals surface area contributed by atoms with E-state index in [1.54, 1.807) is 12.5 Å². The molecule has 0 saturated carbocycles. The summed E-state index contributed by atoms with van der Waals surface area (Å²) < 4.78 is 0. The van der Waals surface area contributed by atoms with E-state index in [0.29, 0.717) is 6.54 Å². The molecule has 0 spiro atoms. The molecule has 106 valence electrons. The van der Waals surface area contributed by atoms with Gasteiger partial charge in [0, 0.05) is 31.4 Å². The first-order chi connectivity index (χ1) is 9.61. The van der Waals surface area contributed by atoms with Crippen LogP contribution >= 0.6 is 0 Å². The lowest BCUT2D eigenvalue weighted by atomic mass is 10.2. The van der Waals surface area contributed by atoms with Crippen LogP contribution in [0.3, 0.4) is 0 Å². The van der Waals surface area contributed by atoms with Gasteiger partial charge in [-0.25, -0.2) is 19.9 Å². The Hall–Kier alpha value is -2.08. The van der Waals surface area contributed by atoms with Crippen LogP contribution in [0.1, 0.15) is 30.2 Å². The number of nitrogens with two attached hydrogens (primary N) is 1. The van der Waals surface area contributed by atoms with Crippen molar-refractivity contribution in [3.63, 3.8) is 0 Å². The summed E-state index contributed by atoms with van der Waals surface area (Å²) in [5.41, 5.74) is 7.52. The second-order valence-electron chi connectivity index (χ2n) is 4.72. The molecule has 2 aromatic rings. The molecule has 0 fully saturated rings. The third-order valence-electron chi connectivity index (χ3n) is 3.25. The molecule has 0 saturated heterocycles. The minimum absolute atomic E-state index is 0.109. The van der Waals surface area contributed by atoms with E-state index >= 15 is 0 Å². The van der Waals surface area contributed by atoms with E-state index in [1.165, 1.54) is 0 Å². The van der Waals surface area contributed by atoms with Crippen molar-refractivity contribution in [3.05, 3.63) is 41.9 Å². The fourth-order valence-corrected chi connectivity index (χ4v) is 2.01. The normalized spacial score (nSPS) is 12.2. The van der Waals surface area contributed by atoms with E-state index in [1.807, 2.05) is 26.1 Å². The lowest BCUT2D eigenvalue weighted by molar-refractivity contribution is 0.696. The number of nitrogens with zero attached hydrogens (tertiary/aromatic N) is 5. The second kappa shape index (κ2) is 6.38. The second-order valence-corrected chi connectivity index (χ2v) is 4.72. The van der Waals surface area contributed by atoms with E-state index in [4.69, 9.17) is 5.73 Å². The van der Waals surface area contributed by atoms with Gasteiger partial charge in [0.2, 0.25) is 0 Å². The summed E-state index contributed by atoms with van der Waals surface area (Å²) in [5, 5.41) is 0. The molecule has 0 aliphatic heterocycles. The van der Waals surface area contributed by atoms with Crippen molar-refractivity contribution in [2.24, 2.45) is 5.73 Å². The molecule has 2 N–H and O–H groups in total. The molecule has 2 heterocycles. The number of hydrogen-bond acceptors (Lipinski definition) is 6. The van der Waals surface area contributed by atoms with Crippen molar-refractivity contribution in [3.8, 4) is 0 Å². The maximum absolute atomic E-state index is 5.60. The summed E-state index contributed by atoms with van der Waals surface area (Å²) in [6.45, 7) is 4.57. The summed E-state index contributed by atoms with van der Waals surface area (Å²) in [4.78, 5) is 19.2. The van der Waals surface area contributed by atoms with Crippen LogP contribution in [0, 0.1) is 6.92 Å². The van der Waals surface area contributed by atoms with Crippen molar-refractivity contribution < 1.29 is 0 Å². The highest BCUT2D eigenvalue weighted by atomic mass is 15.2. The van der Waals surface area contributed by atoms with Crippen LogP contribution in [-0.4, -0.2) is 33.5 Å². The average Bonchev–Trinajstić information content (AvgIpc) is 2.46. The zero-order chi connectivity index (χ0) is 14.5. The zero-order valence-corrected chi connectivity index (χ0v) is 12.1. The first kappa shape index (κ1) is 14.3. The minimum Gasteiger partial charge on any atom is -0.351 e. The Morgan fingerprint density at radius 2 is 2.15 bits per heavy atom. The zero-order valence-electron chi connectivity index (χ0n) is 12.1. The molecule has 1 atom stereocenters. The first-order valence-corrected chi connectivity index (χ1v) is 6.65. The smallest absolute Gasteiger partial charge is 0.132 e. The van der Waals surface area contributed by atoms with Gasteiger partial charge in [0.05, 0.1) is 11.7 Å². The quantitative estimate of drug-likeness (QED) is 0.883. The number of hydrogen-bond donors (Lipinski definition) is 1. The van der Waals surface area contributed by atoms with Crippen LogP contribution in [-0.2, 0) is 6.42 Å². The predicted molar refractivity (Wildman–Crippen MR) is 78.4 cm³/mol. The highest BCUT2D eigenvalue weighted by Gasteiger charge is 2.15. The Morgan fingerprint density at radius 1 is 1.35 bits per heavy atom. The molecule has 0 bridgehead atoms. The lowest BCUT2D eigenvalue weighted by Gasteiger charge is -2.25. The molecule has 0 radical (unpaired) electrons. The molecule has 0 aliphatic carbocycles. The van der Waals surface area contributed by atoms with E-state index < -0.39 is 0 Å². The monoisotopic (exact) mass is 272 g/mol. The maximum atomic E-state index is 5.60. The van der Waals surface area contributed by atoms with E-state index in [-0.39, 0.29) is 6.04 Å². The summed E-state index contributed by atoms with van der Waals surface area (Å²) in [6.07, 6.45) is 4.06. The molecule has 6 nitrogen and oxygen atoms in total. The largest absolute Gasteiger partial charge is 0.351 e. The molecular weight excluding hydrogens is 252 g/mol. The molecule has 6 heteroatoms. The van der Waals surface area contributed by atoms with Crippen molar-refractivity contribution in [2.75, 3.05) is 18.5 Å². The van der Waals surface area contributed by atoms with Gasteiger partial charge in [-0.2, -0.15) is 0 Å². The molecule has 20 heavy (non-hydrogen) atoms. The molecule has 0 amide bonds. The fraction of sp³-hybridized carbons (Fsp3) is 0.429. The van der Waals surface area contributed by atoms with Gasteiger partial charge in [0.25, 0.3) is 0 Å². The highest BCUT2D eigenvalue weighted by molar-refractivity contribution is 5.41. The Bertz CT molecular complexity index is 557. The third-order valence-corrected chi connectivity index (χ3v) is 3.25. The SMILES string of the molecule is Cc1nc(CCN)cc(N(C)C(C)c2ccncn2)n1. The number of rotatable bonds is 5. The van der Waals surface area contributed by atoms with Crippen molar-refractivity contribution >= 4 is 5.82 Å². The van der Waals surface area contributed by atoms with Crippen LogP contribution in [0.4, 0.5) is 5.82 Å². The number of aryl methyl sites for hydroxylation is 1. The van der Waals surface area contributed by atoms with Crippen molar-refractivity contribution in [2.45, 2.75) is 26.3 Å². The molecular formula is C14H20N6. The third kappa shape index (κ3) is 3.27. The van der Waals surface area contributed by atoms with Gasteiger partial charge in [0.1, 0.15) is 18.0 Å². The molecule has 2 aromatic heterocycles. The van der Waals surface area contributed by atoms with E-state index in [9.17, 15) is 0 Å². The van der Waals surface area contributed by atoms with Crippen LogP contribution in [0.25, 0.3) is 0 Å². The van der Waals surface area contributed by atoms with Gasteiger partial charge in [-0.3, -0.25) is 0 Å². The Balaban J connectivity index is 2.26. The number of aromatic nitrogens is 4. The Morgan fingerprint density at radius 3 is 2.80 bits per heavy atom. The van der Waals surface area contributed by atoms with Gasteiger partial charge < -0.3 is 10.6 Å². The van der Waals surface area contributed by atoms with E-state index in [0.717, 1.165) is 29.5 Å². The van der Waals surface area contributed by atoms with Crippen LogP contribution in [0.2, 0.25) is 0 Å². The van der Waals surface area contributed by atoms with Crippen LogP contribution < -0.4 is 10.6 Å². The van der Waals surface area contributed by atoms with Gasteiger partial charge in [-0.05, 0) is 26.5 Å². The lowest BCUT2D eigenvalue weighted by Crippen LogP contribution is -2.24. The number of anilines is 1. The highest BCUT2D eigenvalue weighted by Crippen LogP contribution is 2.22. The topological polar surface area (TPSA) is 80.8 Å². The minimum atomic E-state index is 0.109. The van der Waals surface area contributed by atoms with Gasteiger partial charge in [-0.15, -0.1) is 0 Å². The average molecular weight is 272 g/mol. The van der Waals surface area contributed by atoms with Gasteiger partial charge in [0.15, 0.2) is 0 Å². The molecule has 0 aliphatic rings. The molecule has 0 aromatic carbocycles. The molecule has 2 rings (SSSR count). The Kier molecular flexibility index (Phi) is 4.57. The van der Waals surface area contributed by atoms with Gasteiger partial charge >= 0.3 is 0 Å². The van der Waals surface area contributed by atoms with Crippen LogP contribution in [0.15, 0.2) is 24.7 Å². The van der Waals surface area contributed by atoms with Crippen molar-refractivity contribution in [1.29, 1.82) is 0 Å². The Labute approximate surface area is 119 Å². The summed E-state index contributed by atoms with van der Waals surface area (Å²) in [6, 6.07) is 4.01. The standard InChI is InChI=1S/C14H20N6/c1-10(13-5-7-16-9-17-13)20(3)14-8-12(4-6-15)18-11(2)19-14/h5,7-10H,4,6,15H2,1-3H3. The fourth-order valence-electron chi connectivity index (χ4n) is 2.01. The summed E-state index contributed by atoms with van der Waals surface area (Å²) in [5.74, 6) is 1.64. The predicted octanol–water partition coefficient (Wildman–Crippen LogP) is 1.27. The van der Waals surface area contributed by atoms with Gasteiger partial charge in [-0.1, -0.05) is 0 Å².